The van der Waals surface area contributed by atoms with Gasteiger partial charge in [-0.1, -0.05) is 15.9 Å². The molecular formula is C19H18BrF3N6O2S. The van der Waals surface area contributed by atoms with Gasteiger partial charge in [0, 0.05) is 32.3 Å². The molecule has 8 nitrogen and oxygen atoms in total. The molecule has 3 aromatic rings. The molecule has 0 aliphatic heterocycles. The summed E-state index contributed by atoms with van der Waals surface area (Å²) < 4.78 is 56.5. The van der Waals surface area contributed by atoms with Crippen molar-refractivity contribution in [1.29, 1.82) is 0 Å². The van der Waals surface area contributed by atoms with Crippen LogP contribution >= 0.6 is 15.9 Å². The third-order valence-corrected chi connectivity index (χ3v) is 5.18. The first-order valence-corrected chi connectivity index (χ1v) is 12.2. The maximum atomic E-state index is 13.1. The van der Waals surface area contributed by atoms with Crippen molar-refractivity contribution in [2.24, 2.45) is 4.36 Å². The minimum absolute atomic E-state index is 0.131. The van der Waals surface area contributed by atoms with Crippen LogP contribution in [0.5, 0.6) is 0 Å². The Balaban J connectivity index is 1.83. The summed E-state index contributed by atoms with van der Waals surface area (Å²) in [6.45, 7) is 1.62. The summed E-state index contributed by atoms with van der Waals surface area (Å²) in [6.07, 6.45) is 1.12. The molecule has 0 fully saturated rings. The molecule has 0 aliphatic rings. The van der Waals surface area contributed by atoms with Crippen LogP contribution in [-0.2, 0) is 15.9 Å². The lowest BCUT2D eigenvalue weighted by atomic mass is 10.1. The summed E-state index contributed by atoms with van der Waals surface area (Å²) in [6, 6.07) is 5.49. The highest BCUT2D eigenvalue weighted by Gasteiger charge is 2.32. The maximum Gasteiger partial charge on any atom is 0.416 e. The number of alkyl halides is 3. The van der Waals surface area contributed by atoms with Crippen molar-refractivity contribution in [3.05, 3.63) is 64.3 Å². The number of aromatic nitrogens is 4. The van der Waals surface area contributed by atoms with Crippen LogP contribution in [0.4, 0.5) is 18.9 Å². The van der Waals surface area contributed by atoms with Gasteiger partial charge in [-0.05, 0) is 37.3 Å². The molecule has 0 saturated heterocycles. The smallest absolute Gasteiger partial charge is 0.342 e. The van der Waals surface area contributed by atoms with Gasteiger partial charge in [0.1, 0.15) is 6.33 Å². The molecule has 0 aliphatic carbocycles. The van der Waals surface area contributed by atoms with E-state index in [0.717, 1.165) is 12.1 Å². The third-order valence-electron chi connectivity index (χ3n) is 4.07. The quantitative estimate of drug-likeness (QED) is 0.529. The molecule has 1 atom stereocenters. The average molecular weight is 531 g/mol. The third kappa shape index (κ3) is 5.91. The van der Waals surface area contributed by atoms with E-state index in [0.29, 0.717) is 17.3 Å². The number of halogens is 4. The van der Waals surface area contributed by atoms with Crippen LogP contribution in [0.15, 0.2) is 51.7 Å². The van der Waals surface area contributed by atoms with Crippen LogP contribution in [0, 0.1) is 0 Å². The first kappa shape index (κ1) is 23.9. The normalized spacial score (nSPS) is 13.0. The second-order valence-electron chi connectivity index (χ2n) is 7.10. The molecule has 3 rings (SSSR count). The summed E-state index contributed by atoms with van der Waals surface area (Å²) in [5.74, 6) is -0.0176. The van der Waals surface area contributed by atoms with Crippen LogP contribution in [-0.4, -0.2) is 42.4 Å². The Labute approximate surface area is 190 Å². The van der Waals surface area contributed by atoms with Crippen LogP contribution in [0.1, 0.15) is 34.7 Å². The Morgan fingerprint density at radius 1 is 1.22 bits per heavy atom. The molecule has 2 aromatic heterocycles. The molecule has 32 heavy (non-hydrogen) atoms. The Bertz CT molecular complexity index is 1260. The number of carbonyl (C=O) groups is 1. The van der Waals surface area contributed by atoms with Crippen molar-refractivity contribution in [2.45, 2.75) is 19.1 Å². The molecule has 13 heteroatoms. The van der Waals surface area contributed by atoms with Gasteiger partial charge in [-0.15, -0.1) is 0 Å². The summed E-state index contributed by atoms with van der Waals surface area (Å²) in [7, 11) is -2.34. The van der Waals surface area contributed by atoms with E-state index in [-0.39, 0.29) is 10.0 Å². The van der Waals surface area contributed by atoms with E-state index in [9.17, 15) is 22.2 Å². The predicted molar refractivity (Wildman–Crippen MR) is 116 cm³/mol. The first-order chi connectivity index (χ1) is 14.8. The molecule has 0 saturated carbocycles. The highest BCUT2D eigenvalue weighted by atomic mass is 79.9. The minimum Gasteiger partial charge on any atom is -0.342 e. The maximum absolute atomic E-state index is 13.1. The molecule has 0 spiro atoms. The fourth-order valence-corrected chi connectivity index (χ4v) is 3.87. The van der Waals surface area contributed by atoms with Crippen LogP contribution in [0.25, 0.3) is 5.82 Å². The summed E-state index contributed by atoms with van der Waals surface area (Å²) in [5, 5.41) is 6.72. The number of hydrogen-bond donors (Lipinski definition) is 1. The van der Waals surface area contributed by atoms with E-state index in [1.165, 1.54) is 35.8 Å². The standard InChI is InChI=1S/C19H18BrF3N6O2S/c1-11(27-18(30)12-6-13(19(21,22)23)8-14(20)7-12)17-25-10-26-29(17)16-5-4-15(9-24-16)28-32(2,3)31/h4-11H,1-3H3,(H,27,30)/t11-/m0/s1. The first-order valence-electron chi connectivity index (χ1n) is 9.05. The number of nitrogens with zero attached hydrogens (tertiary/aromatic N) is 5. The number of amides is 1. The second-order valence-corrected chi connectivity index (χ2v) is 10.6. The average Bonchev–Trinajstić information content (AvgIpc) is 3.16. The van der Waals surface area contributed by atoms with Crippen molar-refractivity contribution in [3.8, 4) is 5.82 Å². The molecule has 2 heterocycles. The largest absolute Gasteiger partial charge is 0.416 e. The van der Waals surface area contributed by atoms with E-state index in [1.54, 1.807) is 19.1 Å². The van der Waals surface area contributed by atoms with E-state index < -0.39 is 33.4 Å². The number of rotatable bonds is 5. The van der Waals surface area contributed by atoms with Crippen LogP contribution in [0.3, 0.4) is 0 Å². The van der Waals surface area contributed by atoms with Gasteiger partial charge in [0.15, 0.2) is 11.6 Å². The van der Waals surface area contributed by atoms with Crippen molar-refractivity contribution in [2.75, 3.05) is 12.5 Å². The van der Waals surface area contributed by atoms with Crippen molar-refractivity contribution < 1.29 is 22.2 Å². The Kier molecular flexibility index (Phi) is 6.69. The zero-order valence-corrected chi connectivity index (χ0v) is 19.5. The number of benzene rings is 1. The van der Waals surface area contributed by atoms with Gasteiger partial charge in [-0.2, -0.15) is 27.3 Å². The van der Waals surface area contributed by atoms with Gasteiger partial charge >= 0.3 is 6.18 Å². The molecule has 1 N–H and O–H groups in total. The van der Waals surface area contributed by atoms with Crippen LogP contribution < -0.4 is 5.32 Å². The van der Waals surface area contributed by atoms with E-state index in [2.05, 4.69) is 40.7 Å². The molecule has 1 amide bonds. The molecule has 170 valence electrons. The predicted octanol–water partition coefficient (Wildman–Crippen LogP) is 4.29. The second kappa shape index (κ2) is 8.98. The van der Waals surface area contributed by atoms with E-state index in [4.69, 9.17) is 0 Å². The SMILES string of the molecule is C[C@H](NC(=O)c1cc(Br)cc(C(F)(F)F)c1)c1ncnn1-c1ccc(N=S(C)(C)=O)cn1. The topological polar surface area (TPSA) is 102 Å². The molecular weight excluding hydrogens is 513 g/mol. The van der Waals surface area contributed by atoms with Crippen molar-refractivity contribution >= 4 is 37.3 Å². The lowest BCUT2D eigenvalue weighted by molar-refractivity contribution is -0.137. The summed E-state index contributed by atoms with van der Waals surface area (Å²) in [5.41, 5.74) is -0.663. The summed E-state index contributed by atoms with van der Waals surface area (Å²) in [4.78, 5) is 21.0. The zero-order valence-electron chi connectivity index (χ0n) is 17.1. The Morgan fingerprint density at radius 2 is 1.94 bits per heavy atom. The molecule has 0 radical (unpaired) electrons. The Morgan fingerprint density at radius 3 is 2.53 bits per heavy atom. The fourth-order valence-electron chi connectivity index (χ4n) is 2.76. The van der Waals surface area contributed by atoms with Gasteiger partial charge in [-0.3, -0.25) is 4.79 Å². The van der Waals surface area contributed by atoms with Gasteiger partial charge in [-0.25, -0.2) is 14.2 Å². The van der Waals surface area contributed by atoms with E-state index >= 15 is 0 Å². The number of carbonyl (C=O) groups excluding carboxylic acids is 1. The lowest BCUT2D eigenvalue weighted by Crippen LogP contribution is -2.29. The van der Waals surface area contributed by atoms with Gasteiger partial charge in [0.2, 0.25) is 0 Å². The fraction of sp³-hybridized carbons (Fsp3) is 0.263. The van der Waals surface area contributed by atoms with Crippen molar-refractivity contribution in [3.63, 3.8) is 0 Å². The lowest BCUT2D eigenvalue weighted by Gasteiger charge is -2.15. The van der Waals surface area contributed by atoms with Crippen molar-refractivity contribution in [1.82, 2.24) is 25.1 Å². The number of hydrogen-bond acceptors (Lipinski definition) is 6. The van der Waals surface area contributed by atoms with Gasteiger partial charge in [0.25, 0.3) is 5.91 Å². The van der Waals surface area contributed by atoms with E-state index in [1.807, 2.05) is 0 Å². The highest BCUT2D eigenvalue weighted by Crippen LogP contribution is 2.32. The Hall–Kier alpha value is -2.80. The number of nitrogens with one attached hydrogen (secondary N) is 1. The zero-order chi connectivity index (χ0) is 23.7. The minimum atomic E-state index is -4.59. The molecule has 0 bridgehead atoms. The monoisotopic (exact) mass is 530 g/mol. The van der Waals surface area contributed by atoms with Crippen LogP contribution in [0.2, 0.25) is 0 Å². The molecule has 0 unspecified atom stereocenters. The molecule has 1 aromatic carbocycles. The summed E-state index contributed by atoms with van der Waals surface area (Å²) >= 11 is 3.00. The number of pyridine rings is 1. The van der Waals surface area contributed by atoms with Gasteiger partial charge in [0.05, 0.1) is 23.5 Å². The highest BCUT2D eigenvalue weighted by molar-refractivity contribution is 9.10. The van der Waals surface area contributed by atoms with Gasteiger partial charge < -0.3 is 5.32 Å².